The molecule has 2 rings (SSSR count). The number of carbonyl (C=O) groups excluding carboxylic acids is 1. The van der Waals surface area contributed by atoms with Gasteiger partial charge in [-0.3, -0.25) is 4.79 Å². The summed E-state index contributed by atoms with van der Waals surface area (Å²) in [5.74, 6) is 1.03. The van der Waals surface area contributed by atoms with Gasteiger partial charge in [-0.2, -0.15) is 0 Å². The molecule has 0 bridgehead atoms. The van der Waals surface area contributed by atoms with Gasteiger partial charge in [0, 0.05) is 19.0 Å². The molecule has 2 N–H and O–H groups in total. The Balaban J connectivity index is 1.78. The standard InChI is InChI=1S/C14H20N2O2/c1-10(2)16-14(17)9-15-8-11-3-4-13-12(7-11)5-6-18-13/h3-4,7,10,15H,5-6,8-9H2,1-2H3,(H,16,17). The van der Waals surface area contributed by atoms with Crippen LogP contribution >= 0.6 is 0 Å². The van der Waals surface area contributed by atoms with E-state index in [1.54, 1.807) is 0 Å². The second-order valence-electron chi connectivity index (χ2n) is 4.87. The third-order valence-corrected chi connectivity index (χ3v) is 2.82. The lowest BCUT2D eigenvalue weighted by Crippen LogP contribution is -2.37. The largest absolute Gasteiger partial charge is 0.493 e. The average Bonchev–Trinajstić information content (AvgIpc) is 2.75. The van der Waals surface area contributed by atoms with Crippen LogP contribution in [-0.4, -0.2) is 25.1 Å². The van der Waals surface area contributed by atoms with Crippen LogP contribution < -0.4 is 15.4 Å². The lowest BCUT2D eigenvalue weighted by molar-refractivity contribution is -0.120. The van der Waals surface area contributed by atoms with E-state index >= 15 is 0 Å². The van der Waals surface area contributed by atoms with Gasteiger partial charge < -0.3 is 15.4 Å². The molecule has 0 unspecified atom stereocenters. The molecule has 0 spiro atoms. The highest BCUT2D eigenvalue weighted by Gasteiger charge is 2.11. The number of hydrogen-bond donors (Lipinski definition) is 2. The number of hydrogen-bond acceptors (Lipinski definition) is 3. The molecule has 0 aliphatic carbocycles. The minimum Gasteiger partial charge on any atom is -0.493 e. The topological polar surface area (TPSA) is 50.4 Å². The van der Waals surface area contributed by atoms with Gasteiger partial charge in [-0.25, -0.2) is 0 Å². The second kappa shape index (κ2) is 5.87. The molecule has 1 aliphatic rings. The van der Waals surface area contributed by atoms with Gasteiger partial charge in [0.2, 0.25) is 5.91 Å². The first-order chi connectivity index (χ1) is 8.65. The number of amides is 1. The normalized spacial score (nSPS) is 13.3. The molecule has 1 amide bonds. The summed E-state index contributed by atoms with van der Waals surface area (Å²) >= 11 is 0. The molecule has 0 saturated heterocycles. The summed E-state index contributed by atoms with van der Waals surface area (Å²) in [7, 11) is 0. The van der Waals surface area contributed by atoms with E-state index in [9.17, 15) is 4.79 Å². The predicted molar refractivity (Wildman–Crippen MR) is 70.6 cm³/mol. The summed E-state index contributed by atoms with van der Waals surface area (Å²) < 4.78 is 5.46. The Bertz CT molecular complexity index is 430. The highest BCUT2D eigenvalue weighted by Crippen LogP contribution is 2.25. The lowest BCUT2D eigenvalue weighted by Gasteiger charge is -2.09. The molecule has 0 saturated carbocycles. The van der Waals surface area contributed by atoms with Crippen LogP contribution in [0.4, 0.5) is 0 Å². The van der Waals surface area contributed by atoms with Gasteiger partial charge in [-0.1, -0.05) is 12.1 Å². The second-order valence-corrected chi connectivity index (χ2v) is 4.87. The Morgan fingerprint density at radius 2 is 2.28 bits per heavy atom. The Kier molecular flexibility index (Phi) is 4.20. The summed E-state index contributed by atoms with van der Waals surface area (Å²) in [6.07, 6.45) is 0.983. The quantitative estimate of drug-likeness (QED) is 0.824. The molecule has 1 aromatic carbocycles. The van der Waals surface area contributed by atoms with E-state index < -0.39 is 0 Å². The SMILES string of the molecule is CC(C)NC(=O)CNCc1ccc2c(c1)CCO2. The first-order valence-corrected chi connectivity index (χ1v) is 6.40. The highest BCUT2D eigenvalue weighted by atomic mass is 16.5. The zero-order valence-electron chi connectivity index (χ0n) is 11.0. The summed E-state index contributed by atoms with van der Waals surface area (Å²) in [4.78, 5) is 11.4. The molecule has 1 aliphatic heterocycles. The maximum Gasteiger partial charge on any atom is 0.234 e. The minimum absolute atomic E-state index is 0.0366. The Hall–Kier alpha value is -1.55. The molecule has 0 radical (unpaired) electrons. The number of rotatable bonds is 5. The zero-order chi connectivity index (χ0) is 13.0. The third kappa shape index (κ3) is 3.47. The van der Waals surface area contributed by atoms with E-state index in [-0.39, 0.29) is 11.9 Å². The predicted octanol–water partition coefficient (Wildman–Crippen LogP) is 1.24. The van der Waals surface area contributed by atoms with Crippen LogP contribution in [0.1, 0.15) is 25.0 Å². The van der Waals surface area contributed by atoms with Crippen molar-refractivity contribution in [3.05, 3.63) is 29.3 Å². The van der Waals surface area contributed by atoms with Crippen LogP contribution in [0.5, 0.6) is 5.75 Å². The smallest absolute Gasteiger partial charge is 0.234 e. The van der Waals surface area contributed by atoms with Gasteiger partial charge in [0.05, 0.1) is 13.2 Å². The van der Waals surface area contributed by atoms with Crippen molar-refractivity contribution in [2.24, 2.45) is 0 Å². The first kappa shape index (κ1) is 12.9. The molecular weight excluding hydrogens is 228 g/mol. The molecule has 1 heterocycles. The number of fused-ring (bicyclic) bond motifs is 1. The van der Waals surface area contributed by atoms with Crippen LogP contribution in [0.15, 0.2) is 18.2 Å². The van der Waals surface area contributed by atoms with Gasteiger partial charge >= 0.3 is 0 Å². The lowest BCUT2D eigenvalue weighted by atomic mass is 10.1. The van der Waals surface area contributed by atoms with Crippen LogP contribution in [0.2, 0.25) is 0 Å². The van der Waals surface area contributed by atoms with Gasteiger partial charge in [-0.15, -0.1) is 0 Å². The van der Waals surface area contributed by atoms with E-state index in [4.69, 9.17) is 4.74 Å². The monoisotopic (exact) mass is 248 g/mol. The minimum atomic E-state index is 0.0366. The van der Waals surface area contributed by atoms with Crippen molar-refractivity contribution in [2.45, 2.75) is 32.9 Å². The van der Waals surface area contributed by atoms with Gasteiger partial charge in [0.25, 0.3) is 0 Å². The molecule has 0 aromatic heterocycles. The van der Waals surface area contributed by atoms with Crippen molar-refractivity contribution >= 4 is 5.91 Å². The highest BCUT2D eigenvalue weighted by molar-refractivity contribution is 5.78. The van der Waals surface area contributed by atoms with Crippen molar-refractivity contribution in [3.63, 3.8) is 0 Å². The molecular formula is C14H20N2O2. The van der Waals surface area contributed by atoms with Gasteiger partial charge in [-0.05, 0) is 31.0 Å². The molecule has 98 valence electrons. The number of ether oxygens (including phenoxy) is 1. The van der Waals surface area contributed by atoms with Crippen LogP contribution in [0.25, 0.3) is 0 Å². The number of carbonyl (C=O) groups is 1. The van der Waals surface area contributed by atoms with Crippen LogP contribution in [0, 0.1) is 0 Å². The Morgan fingerprint density at radius 3 is 3.06 bits per heavy atom. The molecule has 0 atom stereocenters. The van der Waals surface area contributed by atoms with Gasteiger partial charge in [0.15, 0.2) is 0 Å². The fraction of sp³-hybridized carbons (Fsp3) is 0.500. The molecule has 18 heavy (non-hydrogen) atoms. The van der Waals surface area contributed by atoms with Crippen molar-refractivity contribution in [1.82, 2.24) is 10.6 Å². The van der Waals surface area contributed by atoms with E-state index in [0.29, 0.717) is 13.1 Å². The number of nitrogens with one attached hydrogen (secondary N) is 2. The fourth-order valence-electron chi connectivity index (χ4n) is 2.04. The van der Waals surface area contributed by atoms with E-state index in [1.807, 2.05) is 26.0 Å². The fourth-order valence-corrected chi connectivity index (χ4v) is 2.04. The zero-order valence-corrected chi connectivity index (χ0v) is 11.0. The molecule has 4 nitrogen and oxygen atoms in total. The summed E-state index contributed by atoms with van der Waals surface area (Å²) in [5, 5.41) is 5.99. The summed E-state index contributed by atoms with van der Waals surface area (Å²) in [6.45, 7) is 5.75. The van der Waals surface area contributed by atoms with Crippen molar-refractivity contribution in [2.75, 3.05) is 13.2 Å². The Labute approximate surface area is 108 Å². The first-order valence-electron chi connectivity index (χ1n) is 6.40. The summed E-state index contributed by atoms with van der Waals surface area (Å²) in [5.41, 5.74) is 2.46. The van der Waals surface area contributed by atoms with E-state index in [2.05, 4.69) is 16.7 Å². The van der Waals surface area contributed by atoms with Gasteiger partial charge in [0.1, 0.15) is 5.75 Å². The van der Waals surface area contributed by atoms with Crippen LogP contribution in [0.3, 0.4) is 0 Å². The van der Waals surface area contributed by atoms with E-state index in [0.717, 1.165) is 18.8 Å². The molecule has 4 heteroatoms. The Morgan fingerprint density at radius 1 is 1.44 bits per heavy atom. The van der Waals surface area contributed by atoms with Crippen molar-refractivity contribution in [1.29, 1.82) is 0 Å². The van der Waals surface area contributed by atoms with Crippen molar-refractivity contribution < 1.29 is 9.53 Å². The van der Waals surface area contributed by atoms with Crippen molar-refractivity contribution in [3.8, 4) is 5.75 Å². The maximum atomic E-state index is 11.4. The van der Waals surface area contributed by atoms with Crippen LogP contribution in [-0.2, 0) is 17.8 Å². The third-order valence-electron chi connectivity index (χ3n) is 2.82. The molecule has 1 aromatic rings. The molecule has 0 fully saturated rings. The maximum absolute atomic E-state index is 11.4. The summed E-state index contributed by atoms with van der Waals surface area (Å²) in [6, 6.07) is 6.39. The van der Waals surface area contributed by atoms with E-state index in [1.165, 1.54) is 11.1 Å². The number of benzene rings is 1. The average molecular weight is 248 g/mol.